The Labute approximate surface area is 193 Å². The Morgan fingerprint density at radius 3 is 2.47 bits per heavy atom. The van der Waals surface area contributed by atoms with Crippen LogP contribution in [0.5, 0.6) is 0 Å². The topological polar surface area (TPSA) is 67.4 Å². The van der Waals surface area contributed by atoms with Gasteiger partial charge < -0.3 is 15.4 Å². The van der Waals surface area contributed by atoms with Crippen LogP contribution in [-0.4, -0.2) is 30.4 Å². The van der Waals surface area contributed by atoms with E-state index < -0.39 is 29.5 Å². The fourth-order valence-electron chi connectivity index (χ4n) is 3.49. The summed E-state index contributed by atoms with van der Waals surface area (Å²) in [7, 11) is 1.31. The summed E-state index contributed by atoms with van der Waals surface area (Å²) in [5.74, 6) is -4.25. The lowest BCUT2D eigenvalue weighted by Gasteiger charge is -2.13. The smallest absolute Gasteiger partial charge is 0.407 e. The van der Waals surface area contributed by atoms with Gasteiger partial charge in [-0.3, -0.25) is 4.79 Å². The van der Waals surface area contributed by atoms with E-state index in [1.54, 1.807) is 12.1 Å². The molecule has 0 bridgehead atoms. The van der Waals surface area contributed by atoms with Gasteiger partial charge in [0.05, 0.1) is 12.1 Å². The Kier molecular flexibility index (Phi) is 7.61. The Bertz CT molecular complexity index is 1020. The molecule has 0 heterocycles. The fourth-order valence-corrected chi connectivity index (χ4v) is 5.27. The SMILES string of the molecule is COC(=O)NC(C)CC1C(C)C1Sc1cc(C(=O)Nc2cc(F)c(F)c(F)c2)ccc1Cl. The Balaban J connectivity index is 1.66. The van der Waals surface area contributed by atoms with Crippen LogP contribution in [0, 0.1) is 29.3 Å². The van der Waals surface area contributed by atoms with E-state index in [1.165, 1.54) is 24.9 Å². The van der Waals surface area contributed by atoms with Crippen LogP contribution in [0.1, 0.15) is 30.6 Å². The third-order valence-corrected chi connectivity index (χ3v) is 7.43. The zero-order valence-electron chi connectivity index (χ0n) is 17.5. The maximum atomic E-state index is 13.4. The fraction of sp³-hybridized carbons (Fsp3) is 0.364. The molecule has 0 saturated heterocycles. The summed E-state index contributed by atoms with van der Waals surface area (Å²) in [6.45, 7) is 4.01. The normalized spacial score (nSPS) is 20.4. The van der Waals surface area contributed by atoms with Gasteiger partial charge in [0.15, 0.2) is 17.5 Å². The van der Waals surface area contributed by atoms with Gasteiger partial charge in [-0.1, -0.05) is 18.5 Å². The molecule has 3 rings (SSSR count). The van der Waals surface area contributed by atoms with Gasteiger partial charge in [-0.15, -0.1) is 11.8 Å². The summed E-state index contributed by atoms with van der Waals surface area (Å²) >= 11 is 7.85. The largest absolute Gasteiger partial charge is 0.453 e. The lowest BCUT2D eigenvalue weighted by atomic mass is 10.1. The van der Waals surface area contributed by atoms with Crippen molar-refractivity contribution in [1.82, 2.24) is 5.32 Å². The number of nitrogens with one attached hydrogen (secondary N) is 2. The monoisotopic (exact) mass is 486 g/mol. The van der Waals surface area contributed by atoms with Crippen molar-refractivity contribution in [3.8, 4) is 0 Å². The van der Waals surface area contributed by atoms with Crippen molar-refractivity contribution in [1.29, 1.82) is 0 Å². The second kappa shape index (κ2) is 10.0. The van der Waals surface area contributed by atoms with Crippen LogP contribution in [0.3, 0.4) is 0 Å². The van der Waals surface area contributed by atoms with Gasteiger partial charge in [-0.25, -0.2) is 18.0 Å². The summed E-state index contributed by atoms with van der Waals surface area (Å²) in [5.41, 5.74) is 0.0474. The lowest BCUT2D eigenvalue weighted by Crippen LogP contribution is -2.32. The molecule has 1 aliphatic rings. The molecule has 32 heavy (non-hydrogen) atoms. The van der Waals surface area contributed by atoms with Gasteiger partial charge in [0, 0.05) is 39.6 Å². The van der Waals surface area contributed by atoms with E-state index in [9.17, 15) is 22.8 Å². The average Bonchev–Trinajstić information content (AvgIpc) is 3.33. The van der Waals surface area contributed by atoms with Crippen molar-refractivity contribution in [2.45, 2.75) is 36.5 Å². The van der Waals surface area contributed by atoms with Gasteiger partial charge in [-0.2, -0.15) is 0 Å². The third kappa shape index (κ3) is 5.69. The van der Waals surface area contributed by atoms with E-state index in [2.05, 4.69) is 22.3 Å². The third-order valence-electron chi connectivity index (χ3n) is 5.35. The highest BCUT2D eigenvalue weighted by atomic mass is 35.5. The lowest BCUT2D eigenvalue weighted by molar-refractivity contribution is 0.102. The number of alkyl carbamates (subject to hydrolysis) is 1. The molecule has 4 unspecified atom stereocenters. The molecule has 1 saturated carbocycles. The van der Waals surface area contributed by atoms with E-state index in [-0.39, 0.29) is 22.5 Å². The van der Waals surface area contributed by atoms with Crippen molar-refractivity contribution in [3.63, 3.8) is 0 Å². The highest BCUT2D eigenvalue weighted by molar-refractivity contribution is 8.00. The van der Waals surface area contributed by atoms with Crippen LogP contribution >= 0.6 is 23.4 Å². The summed E-state index contributed by atoms with van der Waals surface area (Å²) in [6.07, 6.45) is 0.297. The zero-order valence-corrected chi connectivity index (χ0v) is 19.1. The van der Waals surface area contributed by atoms with Crippen LogP contribution in [0.15, 0.2) is 35.2 Å². The molecule has 1 fully saturated rings. The van der Waals surface area contributed by atoms with Crippen LogP contribution in [-0.2, 0) is 4.74 Å². The number of hydrogen-bond acceptors (Lipinski definition) is 4. The number of carbonyl (C=O) groups is 2. The summed E-state index contributed by atoms with van der Waals surface area (Å²) in [4.78, 5) is 24.6. The first kappa shape index (κ1) is 24.3. The van der Waals surface area contributed by atoms with Crippen molar-refractivity contribution < 1.29 is 27.5 Å². The Morgan fingerprint density at radius 2 is 1.84 bits per heavy atom. The molecule has 0 aromatic heterocycles. The molecule has 0 radical (unpaired) electrons. The standard InChI is InChI=1S/C22H22ClF3N2O3S/c1-10(27-22(30)31-3)6-14-11(2)20(14)32-18-7-12(4-5-15(18)23)21(29)28-13-8-16(24)19(26)17(25)9-13/h4-5,7-11,14,20H,6H2,1-3H3,(H,27,30)(H,28,29). The summed E-state index contributed by atoms with van der Waals surface area (Å²) in [5, 5.41) is 5.84. The van der Waals surface area contributed by atoms with E-state index >= 15 is 0 Å². The summed E-state index contributed by atoms with van der Waals surface area (Å²) < 4.78 is 44.5. The van der Waals surface area contributed by atoms with Gasteiger partial charge in [0.25, 0.3) is 5.91 Å². The first-order valence-corrected chi connectivity index (χ1v) is 11.1. The molecule has 172 valence electrons. The van der Waals surface area contributed by atoms with Crippen LogP contribution < -0.4 is 10.6 Å². The molecule has 0 spiro atoms. The molecule has 2 N–H and O–H groups in total. The van der Waals surface area contributed by atoms with Crippen molar-refractivity contribution >= 4 is 41.1 Å². The average molecular weight is 487 g/mol. The number of methoxy groups -OCH3 is 1. The van der Waals surface area contributed by atoms with E-state index in [0.29, 0.717) is 33.9 Å². The number of hydrogen-bond donors (Lipinski definition) is 2. The predicted octanol–water partition coefficient (Wildman–Crippen LogP) is 5.87. The molecule has 0 aliphatic heterocycles. The maximum Gasteiger partial charge on any atom is 0.407 e. The van der Waals surface area contributed by atoms with Gasteiger partial charge in [0.1, 0.15) is 0 Å². The Hall–Kier alpha value is -2.39. The minimum atomic E-state index is -1.60. The number of rotatable bonds is 7. The van der Waals surface area contributed by atoms with E-state index in [4.69, 9.17) is 11.6 Å². The molecular formula is C22H22ClF3N2O3S. The molecule has 1 aliphatic carbocycles. The number of amides is 2. The second-order valence-electron chi connectivity index (χ2n) is 7.73. The number of anilines is 1. The number of ether oxygens (including phenoxy) is 1. The van der Waals surface area contributed by atoms with Crippen LogP contribution in [0.2, 0.25) is 5.02 Å². The first-order valence-electron chi connectivity index (χ1n) is 9.87. The number of thioether (sulfide) groups is 1. The minimum Gasteiger partial charge on any atom is -0.453 e. The molecule has 2 aromatic carbocycles. The van der Waals surface area contributed by atoms with Crippen LogP contribution in [0.4, 0.5) is 23.7 Å². The molecule has 2 amide bonds. The predicted molar refractivity (Wildman–Crippen MR) is 118 cm³/mol. The van der Waals surface area contributed by atoms with Crippen molar-refractivity contribution in [2.24, 2.45) is 11.8 Å². The van der Waals surface area contributed by atoms with Crippen LogP contribution in [0.25, 0.3) is 0 Å². The quantitative estimate of drug-likeness (QED) is 0.480. The molecule has 4 atom stereocenters. The van der Waals surface area contributed by atoms with Gasteiger partial charge in [0.2, 0.25) is 0 Å². The van der Waals surface area contributed by atoms with Gasteiger partial charge in [-0.05, 0) is 43.4 Å². The van der Waals surface area contributed by atoms with Crippen molar-refractivity contribution in [2.75, 3.05) is 12.4 Å². The summed E-state index contributed by atoms with van der Waals surface area (Å²) in [6, 6.07) is 6.05. The number of halogens is 4. The highest BCUT2D eigenvalue weighted by Gasteiger charge is 2.47. The Morgan fingerprint density at radius 1 is 1.19 bits per heavy atom. The highest BCUT2D eigenvalue weighted by Crippen LogP contribution is 2.54. The molecule has 10 heteroatoms. The van der Waals surface area contributed by atoms with Gasteiger partial charge >= 0.3 is 6.09 Å². The zero-order chi connectivity index (χ0) is 23.6. The molecule has 2 aromatic rings. The van der Waals surface area contributed by atoms with Crippen molar-refractivity contribution in [3.05, 3.63) is 58.4 Å². The second-order valence-corrected chi connectivity index (χ2v) is 9.36. The molecule has 5 nitrogen and oxygen atoms in total. The number of carbonyl (C=O) groups excluding carboxylic acids is 2. The minimum absolute atomic E-state index is 0.0513. The first-order chi connectivity index (χ1) is 15.1. The van der Waals surface area contributed by atoms with E-state index in [0.717, 1.165) is 6.42 Å². The maximum absolute atomic E-state index is 13.4. The number of benzene rings is 2. The molecular weight excluding hydrogens is 465 g/mol. The van der Waals surface area contributed by atoms with E-state index in [1.807, 2.05) is 6.92 Å².